The minimum absolute atomic E-state index is 0.170. The Labute approximate surface area is 125 Å². The molecular weight excluding hydrogens is 268 g/mol. The van der Waals surface area contributed by atoms with Crippen molar-refractivity contribution in [3.8, 4) is 5.75 Å². The maximum atomic E-state index is 12.1. The molecule has 0 spiro atoms. The van der Waals surface area contributed by atoms with E-state index in [1.807, 2.05) is 23.1 Å². The number of benzene rings is 1. The molecule has 0 radical (unpaired) electrons. The average molecular weight is 290 g/mol. The topological polar surface area (TPSA) is 64.8 Å². The van der Waals surface area contributed by atoms with Gasteiger partial charge in [0.25, 0.3) is 0 Å². The van der Waals surface area contributed by atoms with Crippen LogP contribution in [0.5, 0.6) is 5.75 Å². The third kappa shape index (κ3) is 4.49. The zero-order valence-electron chi connectivity index (χ0n) is 12.2. The van der Waals surface area contributed by atoms with E-state index in [1.165, 1.54) is 0 Å². The molecule has 1 aromatic carbocycles. The summed E-state index contributed by atoms with van der Waals surface area (Å²) in [5.41, 5.74) is 7.57. The van der Waals surface area contributed by atoms with Crippen LogP contribution in [0.15, 0.2) is 30.9 Å². The lowest BCUT2D eigenvalue weighted by atomic mass is 10.1. The number of hydrogen-bond acceptors (Lipinski definition) is 4. The fraction of sp³-hybridized carbons (Fsp3) is 0.438. The Hall–Kier alpha value is -2.01. The quantitative estimate of drug-likeness (QED) is 0.639. The van der Waals surface area contributed by atoms with Crippen LogP contribution in [0.2, 0.25) is 0 Å². The van der Waals surface area contributed by atoms with Crippen LogP contribution in [0.4, 0.5) is 5.69 Å². The van der Waals surface area contributed by atoms with Gasteiger partial charge in [0, 0.05) is 19.5 Å². The number of rotatable bonds is 6. The third-order valence-corrected chi connectivity index (χ3v) is 3.42. The number of amides is 1. The molecule has 0 atom stereocenters. The predicted octanol–water partition coefficient (Wildman–Crippen LogP) is 1.62. The Balaban J connectivity index is 1.86. The van der Waals surface area contributed by atoms with Crippen molar-refractivity contribution >= 4 is 11.6 Å². The Morgan fingerprint density at radius 3 is 2.86 bits per heavy atom. The molecule has 5 nitrogen and oxygen atoms in total. The van der Waals surface area contributed by atoms with E-state index in [4.69, 9.17) is 15.2 Å². The van der Waals surface area contributed by atoms with Gasteiger partial charge in [0.05, 0.1) is 18.9 Å². The Kier molecular flexibility index (Phi) is 5.63. The highest BCUT2D eigenvalue weighted by Crippen LogP contribution is 2.23. The number of hydrogen-bond donors (Lipinski definition) is 1. The number of nitrogens with zero attached hydrogens (tertiary/aromatic N) is 1. The lowest BCUT2D eigenvalue weighted by Crippen LogP contribution is -2.40. The fourth-order valence-electron chi connectivity index (χ4n) is 2.26. The SMILES string of the molecule is C=CCOc1ccc(CCC(=O)N2CCOCC2)cc1N. The van der Waals surface area contributed by atoms with Gasteiger partial charge in [-0.3, -0.25) is 4.79 Å². The van der Waals surface area contributed by atoms with Crippen LogP contribution in [0, 0.1) is 0 Å². The average Bonchev–Trinajstić information content (AvgIpc) is 2.52. The second kappa shape index (κ2) is 7.69. The molecule has 2 N–H and O–H groups in total. The molecule has 0 unspecified atom stereocenters. The normalized spacial score (nSPS) is 14.8. The standard InChI is InChI=1S/C16H22N2O3/c1-2-9-21-15-5-3-13(12-14(15)17)4-6-16(19)18-7-10-20-11-8-18/h2-3,5,12H,1,4,6-11,17H2. The number of anilines is 1. The van der Waals surface area contributed by atoms with Gasteiger partial charge in [-0.25, -0.2) is 0 Å². The number of ether oxygens (including phenoxy) is 2. The molecule has 2 rings (SSSR count). The molecular formula is C16H22N2O3. The van der Waals surface area contributed by atoms with Gasteiger partial charge in [-0.05, 0) is 24.1 Å². The van der Waals surface area contributed by atoms with E-state index in [-0.39, 0.29) is 5.91 Å². The number of carbonyl (C=O) groups excluding carboxylic acids is 1. The maximum Gasteiger partial charge on any atom is 0.223 e. The van der Waals surface area contributed by atoms with Crippen LogP contribution in [0.1, 0.15) is 12.0 Å². The van der Waals surface area contributed by atoms with E-state index >= 15 is 0 Å². The van der Waals surface area contributed by atoms with Crippen molar-refractivity contribution in [3.05, 3.63) is 36.4 Å². The predicted molar refractivity (Wildman–Crippen MR) is 82.3 cm³/mol. The highest BCUT2D eigenvalue weighted by molar-refractivity contribution is 5.76. The molecule has 0 aliphatic carbocycles. The van der Waals surface area contributed by atoms with E-state index in [1.54, 1.807) is 6.08 Å². The van der Waals surface area contributed by atoms with Gasteiger partial charge < -0.3 is 20.1 Å². The number of nitrogen functional groups attached to an aromatic ring is 1. The number of aryl methyl sites for hydroxylation is 1. The van der Waals surface area contributed by atoms with Crippen LogP contribution in [0.25, 0.3) is 0 Å². The molecule has 5 heteroatoms. The number of nitrogens with two attached hydrogens (primary N) is 1. The smallest absolute Gasteiger partial charge is 0.223 e. The van der Waals surface area contributed by atoms with Crippen LogP contribution in [0.3, 0.4) is 0 Å². The van der Waals surface area contributed by atoms with E-state index in [2.05, 4.69) is 6.58 Å². The minimum Gasteiger partial charge on any atom is -0.487 e. The summed E-state index contributed by atoms with van der Waals surface area (Å²) in [4.78, 5) is 13.9. The summed E-state index contributed by atoms with van der Waals surface area (Å²) in [5.74, 6) is 0.821. The highest BCUT2D eigenvalue weighted by Gasteiger charge is 2.16. The first kappa shape index (κ1) is 15.4. The highest BCUT2D eigenvalue weighted by atomic mass is 16.5. The Morgan fingerprint density at radius 1 is 1.43 bits per heavy atom. The Morgan fingerprint density at radius 2 is 2.19 bits per heavy atom. The molecule has 1 amide bonds. The summed E-state index contributed by atoms with van der Waals surface area (Å²) < 4.78 is 10.7. The summed E-state index contributed by atoms with van der Waals surface area (Å²) in [6.45, 7) is 6.67. The van der Waals surface area contributed by atoms with Gasteiger partial charge in [0.2, 0.25) is 5.91 Å². The largest absolute Gasteiger partial charge is 0.487 e. The van der Waals surface area contributed by atoms with E-state index in [0.29, 0.717) is 57.2 Å². The van der Waals surface area contributed by atoms with E-state index in [9.17, 15) is 4.79 Å². The van der Waals surface area contributed by atoms with Gasteiger partial charge in [-0.1, -0.05) is 18.7 Å². The zero-order chi connectivity index (χ0) is 15.1. The van der Waals surface area contributed by atoms with E-state index < -0.39 is 0 Å². The lowest BCUT2D eigenvalue weighted by molar-refractivity contribution is -0.135. The second-order valence-electron chi connectivity index (χ2n) is 4.97. The van der Waals surface area contributed by atoms with Gasteiger partial charge in [-0.2, -0.15) is 0 Å². The van der Waals surface area contributed by atoms with E-state index in [0.717, 1.165) is 5.56 Å². The van der Waals surface area contributed by atoms with Gasteiger partial charge in [0.15, 0.2) is 0 Å². The van der Waals surface area contributed by atoms with Crippen LogP contribution >= 0.6 is 0 Å². The molecule has 1 aromatic rings. The van der Waals surface area contributed by atoms with Gasteiger partial charge in [-0.15, -0.1) is 0 Å². The molecule has 1 heterocycles. The van der Waals surface area contributed by atoms with Crippen molar-refractivity contribution in [2.45, 2.75) is 12.8 Å². The fourth-order valence-corrected chi connectivity index (χ4v) is 2.26. The first-order valence-corrected chi connectivity index (χ1v) is 7.18. The first-order chi connectivity index (χ1) is 10.2. The summed E-state index contributed by atoms with van der Waals surface area (Å²) in [6.07, 6.45) is 2.85. The molecule has 114 valence electrons. The zero-order valence-corrected chi connectivity index (χ0v) is 12.2. The van der Waals surface area contributed by atoms with Crippen LogP contribution in [-0.2, 0) is 16.0 Å². The molecule has 0 aromatic heterocycles. The molecule has 0 saturated carbocycles. The van der Waals surface area contributed by atoms with Crippen molar-refractivity contribution < 1.29 is 14.3 Å². The molecule has 1 fully saturated rings. The van der Waals surface area contributed by atoms with Crippen LogP contribution < -0.4 is 10.5 Å². The molecule has 1 aliphatic rings. The summed E-state index contributed by atoms with van der Waals surface area (Å²) in [6, 6.07) is 5.65. The van der Waals surface area contributed by atoms with Crippen molar-refractivity contribution in [2.75, 3.05) is 38.6 Å². The first-order valence-electron chi connectivity index (χ1n) is 7.18. The summed E-state index contributed by atoms with van der Waals surface area (Å²) >= 11 is 0. The van der Waals surface area contributed by atoms with Gasteiger partial charge in [0.1, 0.15) is 12.4 Å². The number of carbonyl (C=O) groups is 1. The Bertz CT molecular complexity index is 496. The van der Waals surface area contributed by atoms with Crippen LogP contribution in [-0.4, -0.2) is 43.7 Å². The van der Waals surface area contributed by atoms with Crippen molar-refractivity contribution in [1.82, 2.24) is 4.90 Å². The molecule has 1 aliphatic heterocycles. The summed E-state index contributed by atoms with van der Waals surface area (Å²) in [5, 5.41) is 0. The lowest BCUT2D eigenvalue weighted by Gasteiger charge is -2.26. The minimum atomic E-state index is 0.170. The maximum absolute atomic E-state index is 12.1. The van der Waals surface area contributed by atoms with Crippen molar-refractivity contribution in [3.63, 3.8) is 0 Å². The monoisotopic (exact) mass is 290 g/mol. The number of morpholine rings is 1. The van der Waals surface area contributed by atoms with Gasteiger partial charge >= 0.3 is 0 Å². The molecule has 0 bridgehead atoms. The summed E-state index contributed by atoms with van der Waals surface area (Å²) in [7, 11) is 0. The molecule has 1 saturated heterocycles. The van der Waals surface area contributed by atoms with Crippen molar-refractivity contribution in [1.29, 1.82) is 0 Å². The van der Waals surface area contributed by atoms with Crippen molar-refractivity contribution in [2.24, 2.45) is 0 Å². The third-order valence-electron chi connectivity index (χ3n) is 3.42. The molecule has 21 heavy (non-hydrogen) atoms. The second-order valence-corrected chi connectivity index (χ2v) is 4.97.